The smallest absolute Gasteiger partial charge is 0.337 e. The van der Waals surface area contributed by atoms with E-state index in [1.54, 1.807) is 18.2 Å². The molecule has 0 radical (unpaired) electrons. The molecule has 4 nitrogen and oxygen atoms in total. The van der Waals surface area contributed by atoms with Gasteiger partial charge in [0.1, 0.15) is 0 Å². The number of benzene rings is 2. The predicted molar refractivity (Wildman–Crippen MR) is 80.7 cm³/mol. The summed E-state index contributed by atoms with van der Waals surface area (Å²) >= 11 is 5.85. The van der Waals surface area contributed by atoms with Gasteiger partial charge in [0.25, 0.3) is 5.91 Å². The molecule has 0 atom stereocenters. The molecule has 0 saturated heterocycles. The summed E-state index contributed by atoms with van der Waals surface area (Å²) in [7, 11) is 0. The molecule has 0 fully saturated rings. The Bertz CT molecular complexity index is 763. The Morgan fingerprint density at radius 1 is 1.14 bits per heavy atom. The normalized spacial score (nSPS) is 13.5. The number of hydrogen-bond acceptors (Lipinski definition) is 2. The van der Waals surface area contributed by atoms with E-state index in [2.05, 4.69) is 6.58 Å². The second-order valence-corrected chi connectivity index (χ2v) is 5.01. The van der Waals surface area contributed by atoms with Gasteiger partial charge in [-0.15, -0.1) is 0 Å². The van der Waals surface area contributed by atoms with Crippen molar-refractivity contribution in [2.45, 2.75) is 0 Å². The Morgan fingerprint density at radius 3 is 2.43 bits per heavy atom. The van der Waals surface area contributed by atoms with Crippen LogP contribution in [0.25, 0.3) is 5.70 Å². The number of carbonyl (C=O) groups is 2. The minimum absolute atomic E-state index is 0.0503. The van der Waals surface area contributed by atoms with Crippen LogP contribution in [0.2, 0.25) is 5.02 Å². The van der Waals surface area contributed by atoms with Crippen LogP contribution in [-0.4, -0.2) is 17.0 Å². The van der Waals surface area contributed by atoms with Crippen LogP contribution in [0.15, 0.2) is 49.0 Å². The molecule has 0 aliphatic carbocycles. The first-order valence-corrected chi connectivity index (χ1v) is 6.54. The molecular weight excluding hydrogens is 290 g/mol. The summed E-state index contributed by atoms with van der Waals surface area (Å²) in [5, 5.41) is 9.25. The molecule has 104 valence electrons. The summed E-state index contributed by atoms with van der Waals surface area (Å²) in [4.78, 5) is 25.0. The van der Waals surface area contributed by atoms with Gasteiger partial charge in [0, 0.05) is 11.1 Å². The monoisotopic (exact) mass is 299 g/mol. The summed E-state index contributed by atoms with van der Waals surface area (Å²) in [5.74, 6) is -1.37. The van der Waals surface area contributed by atoms with Gasteiger partial charge in [0.15, 0.2) is 0 Å². The first-order chi connectivity index (χ1) is 10.0. The molecule has 1 amide bonds. The Labute approximate surface area is 125 Å². The number of aromatic carboxylic acids is 1. The second kappa shape index (κ2) is 4.75. The molecular formula is C16H10ClNO3. The number of halogens is 1. The molecule has 0 aromatic heterocycles. The zero-order chi connectivity index (χ0) is 15.1. The van der Waals surface area contributed by atoms with Crippen LogP contribution in [0.4, 0.5) is 5.69 Å². The van der Waals surface area contributed by atoms with Crippen molar-refractivity contribution >= 4 is 34.9 Å². The average molecular weight is 300 g/mol. The number of carboxylic acid groups (broad SMARTS) is 1. The van der Waals surface area contributed by atoms with Gasteiger partial charge in [0.05, 0.1) is 22.0 Å². The van der Waals surface area contributed by atoms with Gasteiger partial charge >= 0.3 is 5.97 Å². The zero-order valence-electron chi connectivity index (χ0n) is 10.8. The lowest BCUT2D eigenvalue weighted by Crippen LogP contribution is -2.22. The van der Waals surface area contributed by atoms with E-state index in [0.29, 0.717) is 16.9 Å². The minimum Gasteiger partial charge on any atom is -0.478 e. The molecule has 0 saturated carbocycles. The van der Waals surface area contributed by atoms with E-state index in [0.717, 1.165) is 5.56 Å². The fraction of sp³-hybridized carbons (Fsp3) is 0. The fourth-order valence-corrected chi connectivity index (χ4v) is 2.57. The molecule has 2 aromatic carbocycles. The average Bonchev–Trinajstić information content (AvgIpc) is 2.72. The molecule has 1 heterocycles. The molecule has 0 bridgehead atoms. The number of rotatable bonds is 2. The van der Waals surface area contributed by atoms with Crippen molar-refractivity contribution < 1.29 is 14.7 Å². The maximum Gasteiger partial charge on any atom is 0.337 e. The zero-order valence-corrected chi connectivity index (χ0v) is 11.6. The molecule has 1 aliphatic heterocycles. The van der Waals surface area contributed by atoms with Crippen molar-refractivity contribution in [3.63, 3.8) is 0 Å². The van der Waals surface area contributed by atoms with Crippen molar-refractivity contribution in [2.75, 3.05) is 4.90 Å². The van der Waals surface area contributed by atoms with Crippen LogP contribution in [0, 0.1) is 0 Å². The third kappa shape index (κ3) is 2.00. The van der Waals surface area contributed by atoms with Gasteiger partial charge in [0.2, 0.25) is 0 Å². The number of amides is 1. The van der Waals surface area contributed by atoms with E-state index in [9.17, 15) is 9.59 Å². The van der Waals surface area contributed by atoms with Gasteiger partial charge in [-0.05, 0) is 24.3 Å². The summed E-state index contributed by atoms with van der Waals surface area (Å²) in [6.45, 7) is 3.93. The van der Waals surface area contributed by atoms with Crippen molar-refractivity contribution in [1.82, 2.24) is 0 Å². The number of anilines is 1. The standard InChI is InChI=1S/C16H10ClNO3/c1-9-11-4-2-3-5-12(11)15(19)18(9)10-6-7-14(17)13(8-10)16(20)21/h2-8H,1H2,(H,20,21). The Morgan fingerprint density at radius 2 is 1.81 bits per heavy atom. The van der Waals surface area contributed by atoms with Crippen LogP contribution >= 0.6 is 11.6 Å². The Kier molecular flexibility index (Phi) is 3.03. The van der Waals surface area contributed by atoms with E-state index < -0.39 is 5.97 Å². The molecule has 0 unspecified atom stereocenters. The topological polar surface area (TPSA) is 57.6 Å². The summed E-state index contributed by atoms with van der Waals surface area (Å²) < 4.78 is 0. The van der Waals surface area contributed by atoms with Crippen molar-refractivity contribution in [2.24, 2.45) is 0 Å². The van der Waals surface area contributed by atoms with Gasteiger partial charge in [-0.25, -0.2) is 4.79 Å². The van der Waals surface area contributed by atoms with E-state index >= 15 is 0 Å². The number of carboxylic acids is 1. The van der Waals surface area contributed by atoms with Crippen LogP contribution < -0.4 is 4.90 Å². The van der Waals surface area contributed by atoms with Crippen LogP contribution in [0.1, 0.15) is 26.3 Å². The highest BCUT2D eigenvalue weighted by molar-refractivity contribution is 6.33. The third-order valence-corrected chi connectivity index (χ3v) is 3.71. The van der Waals surface area contributed by atoms with Crippen LogP contribution in [-0.2, 0) is 0 Å². The second-order valence-electron chi connectivity index (χ2n) is 4.60. The van der Waals surface area contributed by atoms with E-state index in [1.807, 2.05) is 12.1 Å². The van der Waals surface area contributed by atoms with Crippen LogP contribution in [0.5, 0.6) is 0 Å². The van der Waals surface area contributed by atoms with E-state index in [1.165, 1.54) is 17.0 Å². The SMILES string of the molecule is C=C1c2ccccc2C(=O)N1c1ccc(Cl)c(C(=O)O)c1. The predicted octanol–water partition coefficient (Wildman–Crippen LogP) is 3.67. The van der Waals surface area contributed by atoms with Gasteiger partial charge in [-0.3, -0.25) is 9.69 Å². The maximum atomic E-state index is 12.5. The largest absolute Gasteiger partial charge is 0.478 e. The molecule has 21 heavy (non-hydrogen) atoms. The van der Waals surface area contributed by atoms with Crippen molar-refractivity contribution in [3.05, 3.63) is 70.8 Å². The molecule has 5 heteroatoms. The lowest BCUT2D eigenvalue weighted by atomic mass is 10.1. The van der Waals surface area contributed by atoms with Crippen LogP contribution in [0.3, 0.4) is 0 Å². The Hall–Kier alpha value is -2.59. The summed E-state index contributed by atoms with van der Waals surface area (Å²) in [6, 6.07) is 11.6. The molecule has 1 aliphatic rings. The number of fused-ring (bicyclic) bond motifs is 1. The highest BCUT2D eigenvalue weighted by atomic mass is 35.5. The summed E-state index contributed by atoms with van der Waals surface area (Å²) in [6.07, 6.45) is 0. The number of hydrogen-bond donors (Lipinski definition) is 1. The summed E-state index contributed by atoms with van der Waals surface area (Å²) in [5.41, 5.74) is 2.20. The molecule has 0 spiro atoms. The first-order valence-electron chi connectivity index (χ1n) is 6.16. The van der Waals surface area contributed by atoms with Crippen molar-refractivity contribution in [3.8, 4) is 0 Å². The Balaban J connectivity index is 2.11. The first kappa shape index (κ1) is 13.4. The lowest BCUT2D eigenvalue weighted by Gasteiger charge is -2.18. The number of nitrogens with zero attached hydrogens (tertiary/aromatic N) is 1. The maximum absolute atomic E-state index is 12.5. The van der Waals surface area contributed by atoms with Gasteiger partial charge in [-0.1, -0.05) is 36.4 Å². The molecule has 1 N–H and O–H groups in total. The quantitative estimate of drug-likeness (QED) is 0.920. The van der Waals surface area contributed by atoms with E-state index in [-0.39, 0.29) is 16.5 Å². The lowest BCUT2D eigenvalue weighted by molar-refractivity contribution is 0.0696. The highest BCUT2D eigenvalue weighted by Gasteiger charge is 2.32. The van der Waals surface area contributed by atoms with Crippen molar-refractivity contribution in [1.29, 1.82) is 0 Å². The van der Waals surface area contributed by atoms with E-state index in [4.69, 9.17) is 16.7 Å². The highest BCUT2D eigenvalue weighted by Crippen LogP contribution is 2.36. The van der Waals surface area contributed by atoms with Gasteiger partial charge < -0.3 is 5.11 Å². The molecule has 3 rings (SSSR count). The third-order valence-electron chi connectivity index (χ3n) is 3.38. The fourth-order valence-electron chi connectivity index (χ4n) is 2.37. The molecule has 2 aromatic rings. The minimum atomic E-state index is -1.14. The van der Waals surface area contributed by atoms with Gasteiger partial charge in [-0.2, -0.15) is 0 Å². The number of carbonyl (C=O) groups excluding carboxylic acids is 1.